The largest absolute Gasteiger partial charge is 0.473 e. The van der Waals surface area contributed by atoms with Gasteiger partial charge in [-0.1, -0.05) is 0 Å². The molecular formula is C16H13NO9. The molecule has 2 aliphatic rings. The van der Waals surface area contributed by atoms with Gasteiger partial charge in [-0.05, 0) is 18.1 Å². The first-order valence-corrected chi connectivity index (χ1v) is 7.27. The Hall–Kier alpha value is -3.56. The molecule has 0 aliphatic carbocycles. The zero-order valence-electron chi connectivity index (χ0n) is 13.5. The summed E-state index contributed by atoms with van der Waals surface area (Å²) in [5, 5.41) is 1.86. The van der Waals surface area contributed by atoms with Crippen LogP contribution in [-0.2, 0) is 43.0 Å². The predicted octanol–water partition coefficient (Wildman–Crippen LogP) is -0.651. The summed E-state index contributed by atoms with van der Waals surface area (Å²) in [7, 11) is 0. The predicted molar refractivity (Wildman–Crippen MR) is 80.5 cm³/mol. The summed E-state index contributed by atoms with van der Waals surface area (Å²) in [5.74, 6) is -8.83. The fourth-order valence-electron chi connectivity index (χ4n) is 1.93. The van der Waals surface area contributed by atoms with Crippen molar-refractivity contribution in [2.24, 2.45) is 0 Å². The summed E-state index contributed by atoms with van der Waals surface area (Å²) in [4.78, 5) is 69.7. The van der Waals surface area contributed by atoms with Gasteiger partial charge >= 0.3 is 5.91 Å². The second-order valence-electron chi connectivity index (χ2n) is 5.15. The number of nitrogens with one attached hydrogen (secondary N) is 1. The molecule has 136 valence electrons. The number of hydrogen-bond donors (Lipinski definition) is 1. The third-order valence-electron chi connectivity index (χ3n) is 3.21. The molecule has 2 heterocycles. The quantitative estimate of drug-likeness (QED) is 0.439. The Morgan fingerprint density at radius 3 is 2.42 bits per heavy atom. The molecule has 0 fully saturated rings. The van der Waals surface area contributed by atoms with Crippen LogP contribution in [0.15, 0.2) is 35.8 Å². The molecule has 2 rings (SSSR count). The number of amides is 1. The molecule has 0 aromatic heterocycles. The molecule has 0 aromatic rings. The van der Waals surface area contributed by atoms with Crippen molar-refractivity contribution < 1.29 is 43.0 Å². The number of carbonyl (C=O) groups excluding carboxylic acids is 6. The molecule has 10 heteroatoms. The molecule has 1 N–H and O–H groups in total. The first kappa shape index (κ1) is 18.8. The van der Waals surface area contributed by atoms with Crippen molar-refractivity contribution in [3.8, 4) is 0 Å². The van der Waals surface area contributed by atoms with Crippen LogP contribution in [0.4, 0.5) is 0 Å². The van der Waals surface area contributed by atoms with Crippen molar-refractivity contribution in [3.63, 3.8) is 0 Å². The number of hydrogen-bond acceptors (Lipinski definition) is 9. The highest BCUT2D eigenvalue weighted by Gasteiger charge is 2.35. The Bertz CT molecular complexity index is 801. The Balaban J connectivity index is 2.07. The maximum atomic E-state index is 12.1. The van der Waals surface area contributed by atoms with Gasteiger partial charge in [0.1, 0.15) is 0 Å². The van der Waals surface area contributed by atoms with Gasteiger partial charge in [-0.3, -0.25) is 34.1 Å². The molecule has 1 amide bonds. The van der Waals surface area contributed by atoms with E-state index in [4.69, 9.17) is 14.2 Å². The highest BCUT2D eigenvalue weighted by Crippen LogP contribution is 2.18. The van der Waals surface area contributed by atoms with Crippen molar-refractivity contribution in [1.29, 1.82) is 0 Å². The molecule has 26 heavy (non-hydrogen) atoms. The first-order valence-electron chi connectivity index (χ1n) is 7.27. The van der Waals surface area contributed by atoms with E-state index in [9.17, 15) is 28.8 Å². The number of ketones is 5. The van der Waals surface area contributed by atoms with Crippen LogP contribution in [0.25, 0.3) is 0 Å². The van der Waals surface area contributed by atoms with E-state index in [0.717, 1.165) is 6.92 Å². The Morgan fingerprint density at radius 2 is 1.81 bits per heavy atom. The molecule has 0 aromatic carbocycles. The lowest BCUT2D eigenvalue weighted by Gasteiger charge is -2.07. The van der Waals surface area contributed by atoms with Crippen molar-refractivity contribution >= 4 is 34.8 Å². The normalized spacial score (nSPS) is 15.2. The second kappa shape index (κ2) is 8.01. The Labute approximate surface area is 146 Å². The highest BCUT2D eigenvalue weighted by atomic mass is 16.7. The minimum Gasteiger partial charge on any atom is -0.473 e. The van der Waals surface area contributed by atoms with Gasteiger partial charge in [0.05, 0.1) is 12.5 Å². The van der Waals surface area contributed by atoms with Crippen molar-refractivity contribution in [1.82, 2.24) is 5.32 Å². The van der Waals surface area contributed by atoms with E-state index < -0.39 is 53.3 Å². The van der Waals surface area contributed by atoms with E-state index in [1.807, 2.05) is 5.32 Å². The molecule has 10 nitrogen and oxygen atoms in total. The van der Waals surface area contributed by atoms with Crippen LogP contribution in [0.5, 0.6) is 0 Å². The van der Waals surface area contributed by atoms with Crippen LogP contribution in [0.3, 0.4) is 0 Å². The minimum absolute atomic E-state index is 0.326. The van der Waals surface area contributed by atoms with Crippen LogP contribution >= 0.6 is 0 Å². The SMILES string of the molecule is CC(=O)C(=O)C(=O)NC1=C(C(=O)C(=O)C(=O)CC2=COC=CC2)OCO1. The number of rotatable bonds is 8. The number of carbonyl (C=O) groups is 6. The average Bonchev–Trinajstić information content (AvgIpc) is 3.08. The molecule has 0 saturated carbocycles. The van der Waals surface area contributed by atoms with E-state index in [1.54, 1.807) is 6.08 Å². The Morgan fingerprint density at radius 1 is 1.08 bits per heavy atom. The van der Waals surface area contributed by atoms with Crippen molar-refractivity contribution in [3.05, 3.63) is 35.8 Å². The summed E-state index contributed by atoms with van der Waals surface area (Å²) >= 11 is 0. The standard InChI is InChI=1S/C16H13NO9/c1-8(18)11(20)15(23)17-16-14(25-7-26-16)13(22)12(21)10(19)5-9-3-2-4-24-6-9/h2,4,6H,3,5,7H2,1H3,(H,17,23). The summed E-state index contributed by atoms with van der Waals surface area (Å²) in [6.07, 6.45) is 4.40. The fourth-order valence-corrected chi connectivity index (χ4v) is 1.93. The molecule has 2 aliphatic heterocycles. The van der Waals surface area contributed by atoms with Gasteiger partial charge in [0, 0.05) is 13.3 Å². The number of Topliss-reactive ketones (excluding diaryl/α,β-unsaturated/α-hetero) is 5. The van der Waals surface area contributed by atoms with Crippen LogP contribution in [-0.4, -0.2) is 41.6 Å². The van der Waals surface area contributed by atoms with Gasteiger partial charge in [-0.15, -0.1) is 0 Å². The summed E-state index contributed by atoms with van der Waals surface area (Å²) in [5.41, 5.74) is 0.497. The monoisotopic (exact) mass is 363 g/mol. The topological polar surface area (TPSA) is 142 Å². The molecule has 0 bridgehead atoms. The van der Waals surface area contributed by atoms with Gasteiger partial charge in [-0.2, -0.15) is 0 Å². The number of ether oxygens (including phenoxy) is 3. The molecular weight excluding hydrogens is 350 g/mol. The lowest BCUT2D eigenvalue weighted by Crippen LogP contribution is -2.36. The molecule has 0 radical (unpaired) electrons. The van der Waals surface area contributed by atoms with E-state index in [0.29, 0.717) is 12.0 Å². The van der Waals surface area contributed by atoms with Crippen molar-refractivity contribution in [2.45, 2.75) is 19.8 Å². The van der Waals surface area contributed by atoms with Gasteiger partial charge in [0.2, 0.25) is 30.0 Å². The zero-order chi connectivity index (χ0) is 19.3. The van der Waals surface area contributed by atoms with E-state index in [2.05, 4.69) is 0 Å². The zero-order valence-corrected chi connectivity index (χ0v) is 13.5. The second-order valence-corrected chi connectivity index (χ2v) is 5.15. The van der Waals surface area contributed by atoms with Crippen molar-refractivity contribution in [2.75, 3.05) is 6.79 Å². The minimum atomic E-state index is -1.38. The van der Waals surface area contributed by atoms with Crippen LogP contribution in [0, 0.1) is 0 Å². The molecule has 0 spiro atoms. The third-order valence-corrected chi connectivity index (χ3v) is 3.21. The maximum absolute atomic E-state index is 12.1. The average molecular weight is 363 g/mol. The van der Waals surface area contributed by atoms with Gasteiger partial charge in [0.15, 0.2) is 0 Å². The maximum Gasteiger partial charge on any atom is 0.302 e. The Kier molecular flexibility index (Phi) is 5.78. The summed E-state index contributed by atoms with van der Waals surface area (Å²) < 4.78 is 14.5. The summed E-state index contributed by atoms with van der Waals surface area (Å²) in [6.45, 7) is 0.367. The van der Waals surface area contributed by atoms with E-state index in [1.165, 1.54) is 12.5 Å². The smallest absolute Gasteiger partial charge is 0.302 e. The molecule has 0 atom stereocenters. The lowest BCUT2D eigenvalue weighted by molar-refractivity contribution is -0.144. The third kappa shape index (κ3) is 4.29. The van der Waals surface area contributed by atoms with Crippen LogP contribution < -0.4 is 5.32 Å². The summed E-state index contributed by atoms with van der Waals surface area (Å²) in [6, 6.07) is 0. The van der Waals surface area contributed by atoms with E-state index >= 15 is 0 Å². The molecule has 0 saturated heterocycles. The van der Waals surface area contributed by atoms with E-state index in [-0.39, 0.29) is 6.42 Å². The van der Waals surface area contributed by atoms with Crippen LogP contribution in [0.1, 0.15) is 19.8 Å². The lowest BCUT2D eigenvalue weighted by atomic mass is 10.0. The van der Waals surface area contributed by atoms with Gasteiger partial charge in [0.25, 0.3) is 17.3 Å². The fraction of sp³-hybridized carbons (Fsp3) is 0.250. The van der Waals surface area contributed by atoms with Crippen LogP contribution in [0.2, 0.25) is 0 Å². The number of allylic oxidation sites excluding steroid dienone is 3. The highest BCUT2D eigenvalue weighted by molar-refractivity contribution is 6.67. The first-order chi connectivity index (χ1) is 12.3. The van der Waals surface area contributed by atoms with Gasteiger partial charge in [-0.25, -0.2) is 0 Å². The molecule has 0 unspecified atom stereocenters. The van der Waals surface area contributed by atoms with Gasteiger partial charge < -0.3 is 14.2 Å².